The molecule has 0 unspecified atom stereocenters. The van der Waals surface area contributed by atoms with Crippen molar-refractivity contribution in [1.29, 1.82) is 0 Å². The van der Waals surface area contributed by atoms with E-state index in [2.05, 4.69) is 68.7 Å². The highest BCUT2D eigenvalue weighted by Crippen LogP contribution is 2.15. The van der Waals surface area contributed by atoms with Crippen LogP contribution in [0.15, 0.2) is 24.3 Å². The quantitative estimate of drug-likeness (QED) is 0.307. The Bertz CT molecular complexity index is 779. The molecule has 0 amide bonds. The van der Waals surface area contributed by atoms with Crippen LogP contribution in [0.5, 0.6) is 0 Å². The number of nitrogens with zero attached hydrogens (tertiary/aromatic N) is 4. The van der Waals surface area contributed by atoms with Gasteiger partial charge in [-0.15, -0.1) is 0 Å². The summed E-state index contributed by atoms with van der Waals surface area (Å²) in [6.07, 6.45) is 2.19. The average Bonchev–Trinajstić information content (AvgIpc) is 2.72. The molecule has 0 bridgehead atoms. The van der Waals surface area contributed by atoms with E-state index in [4.69, 9.17) is 18.0 Å². The van der Waals surface area contributed by atoms with Gasteiger partial charge in [0.05, 0.1) is 0 Å². The summed E-state index contributed by atoms with van der Waals surface area (Å²) in [5.74, 6) is 1.85. The molecule has 0 spiro atoms. The first-order valence-electron chi connectivity index (χ1n) is 10.2. The van der Waals surface area contributed by atoms with Crippen LogP contribution in [-0.2, 0) is 13.1 Å². The van der Waals surface area contributed by atoms with Crippen molar-refractivity contribution < 1.29 is 0 Å². The summed E-state index contributed by atoms with van der Waals surface area (Å²) in [4.78, 5) is 15.8. The molecule has 1 aromatic carbocycles. The second-order valence-electron chi connectivity index (χ2n) is 6.63. The molecule has 0 radical (unpaired) electrons. The molecule has 0 atom stereocenters. The van der Waals surface area contributed by atoms with Gasteiger partial charge in [-0.3, -0.25) is 0 Å². The number of benzene rings is 1. The Morgan fingerprint density at radius 1 is 1.00 bits per heavy atom. The molecule has 0 saturated heterocycles. The van der Waals surface area contributed by atoms with Gasteiger partial charge in [0, 0.05) is 32.7 Å². The number of nitrogens with one attached hydrogen (secondary N) is 3. The van der Waals surface area contributed by atoms with E-state index in [0.717, 1.165) is 43.6 Å². The number of thiocarbonyl (C=S) groups is 1. The molecule has 158 valence electrons. The van der Waals surface area contributed by atoms with E-state index >= 15 is 0 Å². The molecule has 0 aliphatic rings. The number of rotatable bonds is 12. The smallest absolute Gasteiger partial charge is 0.231 e. The predicted molar refractivity (Wildman–Crippen MR) is 124 cm³/mol. The second kappa shape index (κ2) is 12.0. The minimum Gasteiger partial charge on any atom is -0.376 e. The molecule has 2 aromatic rings. The zero-order valence-corrected chi connectivity index (χ0v) is 18.4. The van der Waals surface area contributed by atoms with Gasteiger partial charge >= 0.3 is 0 Å². The summed E-state index contributed by atoms with van der Waals surface area (Å²) in [7, 11) is 0. The van der Waals surface area contributed by atoms with Crippen LogP contribution < -0.4 is 26.6 Å². The number of hydrogen-bond acceptors (Lipinski definition) is 7. The van der Waals surface area contributed by atoms with Crippen molar-refractivity contribution in [3.63, 3.8) is 0 Å². The van der Waals surface area contributed by atoms with Crippen LogP contribution in [0.3, 0.4) is 0 Å². The molecular weight excluding hydrogens is 384 g/mol. The van der Waals surface area contributed by atoms with E-state index in [1.54, 1.807) is 0 Å². The zero-order valence-electron chi connectivity index (χ0n) is 17.5. The lowest BCUT2D eigenvalue weighted by Gasteiger charge is -2.20. The van der Waals surface area contributed by atoms with Gasteiger partial charge in [0.25, 0.3) is 0 Å². The minimum absolute atomic E-state index is 0.297. The van der Waals surface area contributed by atoms with Crippen molar-refractivity contribution in [3.8, 4) is 0 Å². The van der Waals surface area contributed by atoms with Gasteiger partial charge in [-0.2, -0.15) is 15.0 Å². The highest BCUT2D eigenvalue weighted by molar-refractivity contribution is 7.80. The second-order valence-corrected chi connectivity index (χ2v) is 7.07. The topological polar surface area (TPSA) is 104 Å². The number of anilines is 3. The predicted octanol–water partition coefficient (Wildman–Crippen LogP) is 2.88. The van der Waals surface area contributed by atoms with Gasteiger partial charge in [0.15, 0.2) is 5.11 Å². The maximum atomic E-state index is 5.51. The van der Waals surface area contributed by atoms with Crippen molar-refractivity contribution in [2.24, 2.45) is 5.73 Å². The SMILES string of the molecule is CCCCNc1nc(NCc2cccc(CNC(N)=S)c2)nc(N(CC)CC)n1. The first-order chi connectivity index (χ1) is 14.0. The third-order valence-corrected chi connectivity index (χ3v) is 4.54. The maximum Gasteiger partial charge on any atom is 0.231 e. The summed E-state index contributed by atoms with van der Waals surface area (Å²) >= 11 is 4.87. The first-order valence-corrected chi connectivity index (χ1v) is 10.6. The molecule has 8 nitrogen and oxygen atoms in total. The van der Waals surface area contributed by atoms with Crippen LogP contribution in [0.25, 0.3) is 0 Å². The summed E-state index contributed by atoms with van der Waals surface area (Å²) in [5, 5.41) is 9.90. The largest absolute Gasteiger partial charge is 0.376 e. The number of unbranched alkanes of at least 4 members (excludes halogenated alkanes) is 1. The molecule has 0 aliphatic heterocycles. The van der Waals surface area contributed by atoms with Gasteiger partial charge in [-0.1, -0.05) is 37.6 Å². The Labute approximate surface area is 178 Å². The molecule has 29 heavy (non-hydrogen) atoms. The number of aromatic nitrogens is 3. The zero-order chi connectivity index (χ0) is 21.1. The Balaban J connectivity index is 2.11. The third-order valence-electron chi connectivity index (χ3n) is 4.39. The average molecular weight is 417 g/mol. The van der Waals surface area contributed by atoms with Gasteiger partial charge in [-0.05, 0) is 43.6 Å². The standard InChI is InChI=1S/C20H32N8S/c1-4-7-11-22-18-25-19(27-20(26-18)28(5-2)6-3)24-14-16-10-8-9-15(12-16)13-23-17(21)29/h8-10,12H,4-7,11,13-14H2,1-3H3,(H3,21,23,29)(H2,22,24,25,26,27). The Kier molecular flexibility index (Phi) is 9.36. The highest BCUT2D eigenvalue weighted by atomic mass is 32.1. The van der Waals surface area contributed by atoms with Gasteiger partial charge in [-0.25, -0.2) is 0 Å². The highest BCUT2D eigenvalue weighted by Gasteiger charge is 2.11. The Hall–Kier alpha value is -2.68. The Morgan fingerprint density at radius 2 is 1.66 bits per heavy atom. The van der Waals surface area contributed by atoms with Gasteiger partial charge < -0.3 is 26.6 Å². The van der Waals surface area contributed by atoms with Crippen LogP contribution in [0.4, 0.5) is 17.8 Å². The molecule has 0 aliphatic carbocycles. The minimum atomic E-state index is 0.297. The lowest BCUT2D eigenvalue weighted by Crippen LogP contribution is -2.28. The van der Waals surface area contributed by atoms with Crippen LogP contribution >= 0.6 is 12.2 Å². The van der Waals surface area contributed by atoms with Gasteiger partial charge in [0.1, 0.15) is 0 Å². The first kappa shape index (κ1) is 22.6. The van der Waals surface area contributed by atoms with Crippen LogP contribution in [0.2, 0.25) is 0 Å². The van der Waals surface area contributed by atoms with Crippen molar-refractivity contribution in [2.45, 2.75) is 46.7 Å². The lowest BCUT2D eigenvalue weighted by atomic mass is 10.1. The molecule has 9 heteroatoms. The molecule has 1 heterocycles. The fraction of sp³-hybridized carbons (Fsp3) is 0.500. The fourth-order valence-electron chi connectivity index (χ4n) is 2.77. The third kappa shape index (κ3) is 7.69. The molecular formula is C20H32N8S. The molecule has 0 saturated carbocycles. The number of nitrogens with two attached hydrogens (primary N) is 1. The van der Waals surface area contributed by atoms with Crippen LogP contribution in [0.1, 0.15) is 44.7 Å². The monoisotopic (exact) mass is 416 g/mol. The molecule has 0 fully saturated rings. The molecule has 1 aromatic heterocycles. The maximum absolute atomic E-state index is 5.51. The summed E-state index contributed by atoms with van der Waals surface area (Å²) in [5.41, 5.74) is 7.74. The van der Waals surface area contributed by atoms with E-state index in [9.17, 15) is 0 Å². The molecule has 2 rings (SSSR count). The van der Waals surface area contributed by atoms with Gasteiger partial charge in [0.2, 0.25) is 17.8 Å². The summed E-state index contributed by atoms with van der Waals surface area (Å²) in [6.45, 7) is 10.1. The normalized spacial score (nSPS) is 10.4. The van der Waals surface area contributed by atoms with Crippen molar-refractivity contribution in [1.82, 2.24) is 20.3 Å². The summed E-state index contributed by atoms with van der Waals surface area (Å²) in [6, 6.07) is 8.21. The van der Waals surface area contributed by atoms with E-state index in [-0.39, 0.29) is 0 Å². The van der Waals surface area contributed by atoms with E-state index in [1.165, 1.54) is 0 Å². The Morgan fingerprint density at radius 3 is 2.28 bits per heavy atom. The van der Waals surface area contributed by atoms with E-state index in [0.29, 0.717) is 36.0 Å². The fourth-order valence-corrected chi connectivity index (χ4v) is 2.84. The van der Waals surface area contributed by atoms with Crippen molar-refractivity contribution >= 4 is 35.2 Å². The lowest BCUT2D eigenvalue weighted by molar-refractivity contribution is 0.799. The van der Waals surface area contributed by atoms with Crippen molar-refractivity contribution in [2.75, 3.05) is 35.2 Å². The van der Waals surface area contributed by atoms with E-state index in [1.807, 2.05) is 12.1 Å². The van der Waals surface area contributed by atoms with Crippen molar-refractivity contribution in [3.05, 3.63) is 35.4 Å². The molecule has 5 N–H and O–H groups in total. The van der Waals surface area contributed by atoms with E-state index < -0.39 is 0 Å². The summed E-state index contributed by atoms with van der Waals surface area (Å²) < 4.78 is 0. The number of hydrogen-bond donors (Lipinski definition) is 4. The van der Waals surface area contributed by atoms with Crippen LogP contribution in [-0.4, -0.2) is 39.7 Å². The van der Waals surface area contributed by atoms with Crippen LogP contribution in [0, 0.1) is 0 Å².